The molecular formula is C12H13N3O. The maximum atomic E-state index is 5.54. The Morgan fingerprint density at radius 1 is 1.25 bits per heavy atom. The summed E-state index contributed by atoms with van der Waals surface area (Å²) in [6, 6.07) is 7.93. The molecule has 1 fully saturated rings. The van der Waals surface area contributed by atoms with Gasteiger partial charge in [0.05, 0.1) is 0 Å². The average Bonchev–Trinajstić information content (AvgIpc) is 3.08. The van der Waals surface area contributed by atoms with Gasteiger partial charge in [-0.25, -0.2) is 0 Å². The Kier molecular flexibility index (Phi) is 2.22. The van der Waals surface area contributed by atoms with Crippen LogP contribution >= 0.6 is 0 Å². The van der Waals surface area contributed by atoms with Crippen molar-refractivity contribution in [3.63, 3.8) is 0 Å². The van der Waals surface area contributed by atoms with Crippen LogP contribution in [-0.4, -0.2) is 10.1 Å². The highest BCUT2D eigenvalue weighted by atomic mass is 16.5. The number of hydrogen-bond donors (Lipinski definition) is 1. The zero-order chi connectivity index (χ0) is 11.0. The third-order valence-corrected chi connectivity index (χ3v) is 2.82. The van der Waals surface area contributed by atoms with E-state index < -0.39 is 0 Å². The van der Waals surface area contributed by atoms with Gasteiger partial charge in [-0.3, -0.25) is 0 Å². The molecule has 0 spiro atoms. The van der Waals surface area contributed by atoms with Crippen LogP contribution in [0.3, 0.4) is 0 Å². The molecule has 2 aromatic rings. The molecule has 2 N–H and O–H groups in total. The second kappa shape index (κ2) is 3.72. The highest BCUT2D eigenvalue weighted by Crippen LogP contribution is 2.39. The van der Waals surface area contributed by atoms with Gasteiger partial charge in [0.15, 0.2) is 0 Å². The van der Waals surface area contributed by atoms with Crippen molar-refractivity contribution in [1.82, 2.24) is 10.1 Å². The molecule has 0 atom stereocenters. The second-order valence-electron chi connectivity index (χ2n) is 4.13. The van der Waals surface area contributed by atoms with Crippen molar-refractivity contribution in [3.05, 3.63) is 35.7 Å². The molecule has 0 bridgehead atoms. The van der Waals surface area contributed by atoms with E-state index in [0.717, 1.165) is 17.0 Å². The summed E-state index contributed by atoms with van der Waals surface area (Å²) in [4.78, 5) is 4.39. The topological polar surface area (TPSA) is 64.9 Å². The van der Waals surface area contributed by atoms with E-state index in [1.807, 2.05) is 24.3 Å². The van der Waals surface area contributed by atoms with E-state index in [9.17, 15) is 0 Å². The van der Waals surface area contributed by atoms with E-state index in [-0.39, 0.29) is 0 Å². The molecule has 1 aliphatic rings. The van der Waals surface area contributed by atoms with Crippen LogP contribution in [0.2, 0.25) is 0 Å². The standard InChI is InChI=1S/C12H13N3O/c13-7-8-1-3-9(4-2-8)11-14-12(16-15-11)10-5-6-10/h1-4,10H,5-7,13H2. The molecule has 0 radical (unpaired) electrons. The molecule has 1 aromatic carbocycles. The summed E-state index contributed by atoms with van der Waals surface area (Å²) in [6.45, 7) is 0.555. The normalized spacial score (nSPS) is 15.3. The number of aromatic nitrogens is 2. The molecule has 1 saturated carbocycles. The van der Waals surface area contributed by atoms with Gasteiger partial charge >= 0.3 is 0 Å². The summed E-state index contributed by atoms with van der Waals surface area (Å²) < 4.78 is 5.21. The van der Waals surface area contributed by atoms with E-state index in [1.54, 1.807) is 0 Å². The molecule has 1 heterocycles. The minimum absolute atomic E-state index is 0.504. The fraction of sp³-hybridized carbons (Fsp3) is 0.333. The Bertz CT molecular complexity index is 485. The fourth-order valence-corrected chi connectivity index (χ4v) is 1.64. The predicted molar refractivity (Wildman–Crippen MR) is 59.6 cm³/mol. The lowest BCUT2D eigenvalue weighted by atomic mass is 10.1. The summed E-state index contributed by atoms with van der Waals surface area (Å²) in [5, 5.41) is 3.99. The lowest BCUT2D eigenvalue weighted by Crippen LogP contribution is -1.95. The molecule has 4 nitrogen and oxygen atoms in total. The maximum Gasteiger partial charge on any atom is 0.230 e. The van der Waals surface area contributed by atoms with Crippen molar-refractivity contribution < 1.29 is 4.52 Å². The van der Waals surface area contributed by atoms with E-state index in [1.165, 1.54) is 12.8 Å². The number of hydrogen-bond acceptors (Lipinski definition) is 4. The first kappa shape index (κ1) is 9.54. The maximum absolute atomic E-state index is 5.54. The van der Waals surface area contributed by atoms with E-state index in [0.29, 0.717) is 18.3 Å². The van der Waals surface area contributed by atoms with E-state index >= 15 is 0 Å². The Balaban J connectivity index is 1.88. The molecule has 0 saturated heterocycles. The summed E-state index contributed by atoms with van der Waals surface area (Å²) in [6.07, 6.45) is 2.35. The lowest BCUT2D eigenvalue weighted by Gasteiger charge is -1.97. The van der Waals surface area contributed by atoms with Crippen LogP contribution in [0.4, 0.5) is 0 Å². The molecule has 3 rings (SSSR count). The second-order valence-corrected chi connectivity index (χ2v) is 4.13. The van der Waals surface area contributed by atoms with Crippen molar-refractivity contribution in [3.8, 4) is 11.4 Å². The van der Waals surface area contributed by atoms with Crippen LogP contribution in [0.15, 0.2) is 28.8 Å². The van der Waals surface area contributed by atoms with Crippen LogP contribution in [0.5, 0.6) is 0 Å². The van der Waals surface area contributed by atoms with Gasteiger partial charge in [0.25, 0.3) is 0 Å². The molecule has 4 heteroatoms. The third kappa shape index (κ3) is 1.72. The monoisotopic (exact) mass is 215 g/mol. The Hall–Kier alpha value is -1.68. The number of nitrogens with zero attached hydrogens (tertiary/aromatic N) is 2. The third-order valence-electron chi connectivity index (χ3n) is 2.82. The van der Waals surface area contributed by atoms with Gasteiger partial charge in [-0.15, -0.1) is 0 Å². The first-order valence-corrected chi connectivity index (χ1v) is 5.50. The highest BCUT2D eigenvalue weighted by Gasteiger charge is 2.29. The van der Waals surface area contributed by atoms with Gasteiger partial charge in [-0.2, -0.15) is 4.98 Å². The minimum atomic E-state index is 0.504. The predicted octanol–water partition coefficient (Wildman–Crippen LogP) is 2.07. The average molecular weight is 215 g/mol. The molecule has 82 valence electrons. The molecule has 1 aromatic heterocycles. The molecule has 0 aliphatic heterocycles. The van der Waals surface area contributed by atoms with Gasteiger partial charge in [0, 0.05) is 18.0 Å². The van der Waals surface area contributed by atoms with Crippen molar-refractivity contribution in [2.24, 2.45) is 5.73 Å². The minimum Gasteiger partial charge on any atom is -0.339 e. The smallest absolute Gasteiger partial charge is 0.230 e. The lowest BCUT2D eigenvalue weighted by molar-refractivity contribution is 0.380. The van der Waals surface area contributed by atoms with Gasteiger partial charge in [-0.05, 0) is 18.4 Å². The van der Waals surface area contributed by atoms with Crippen LogP contribution in [-0.2, 0) is 6.54 Å². The molecule has 16 heavy (non-hydrogen) atoms. The summed E-state index contributed by atoms with van der Waals surface area (Å²) >= 11 is 0. The van der Waals surface area contributed by atoms with E-state index in [4.69, 9.17) is 10.3 Å². The van der Waals surface area contributed by atoms with Crippen LogP contribution in [0, 0.1) is 0 Å². The van der Waals surface area contributed by atoms with Crippen molar-refractivity contribution in [2.75, 3.05) is 0 Å². The van der Waals surface area contributed by atoms with Gasteiger partial charge in [0.1, 0.15) is 0 Å². The molecule has 0 unspecified atom stereocenters. The van der Waals surface area contributed by atoms with E-state index in [2.05, 4.69) is 10.1 Å². The summed E-state index contributed by atoms with van der Waals surface area (Å²) in [7, 11) is 0. The van der Waals surface area contributed by atoms with Crippen molar-refractivity contribution >= 4 is 0 Å². The largest absolute Gasteiger partial charge is 0.339 e. The zero-order valence-electron chi connectivity index (χ0n) is 8.89. The molecule has 0 amide bonds. The molecule has 1 aliphatic carbocycles. The molecular weight excluding hydrogens is 202 g/mol. The highest BCUT2D eigenvalue weighted by molar-refractivity contribution is 5.54. The fourth-order valence-electron chi connectivity index (χ4n) is 1.64. The number of benzene rings is 1. The number of rotatable bonds is 3. The van der Waals surface area contributed by atoms with Crippen molar-refractivity contribution in [2.45, 2.75) is 25.3 Å². The number of nitrogens with two attached hydrogens (primary N) is 1. The Labute approximate surface area is 93.5 Å². The van der Waals surface area contributed by atoms with Crippen LogP contribution in [0.1, 0.15) is 30.2 Å². The first-order chi connectivity index (χ1) is 7.86. The van der Waals surface area contributed by atoms with Crippen LogP contribution in [0.25, 0.3) is 11.4 Å². The van der Waals surface area contributed by atoms with Gasteiger partial charge in [-0.1, -0.05) is 29.4 Å². The zero-order valence-corrected chi connectivity index (χ0v) is 8.89. The van der Waals surface area contributed by atoms with Gasteiger partial charge < -0.3 is 10.3 Å². The quantitative estimate of drug-likeness (QED) is 0.851. The SMILES string of the molecule is NCc1ccc(-c2noc(C3CC3)n2)cc1. The first-order valence-electron chi connectivity index (χ1n) is 5.50. The Morgan fingerprint density at radius 3 is 2.62 bits per heavy atom. The Morgan fingerprint density at radius 2 is 2.00 bits per heavy atom. The summed E-state index contributed by atoms with van der Waals surface area (Å²) in [5.74, 6) is 1.95. The summed E-state index contributed by atoms with van der Waals surface area (Å²) in [5.41, 5.74) is 7.63. The van der Waals surface area contributed by atoms with Crippen LogP contribution < -0.4 is 5.73 Å². The van der Waals surface area contributed by atoms with Gasteiger partial charge in [0.2, 0.25) is 11.7 Å². The van der Waals surface area contributed by atoms with Crippen molar-refractivity contribution in [1.29, 1.82) is 0 Å².